The standard InChI is InChI=1S/C18H33N3O/c1-14-16(15(2)21(20-14)17(3,4)5)12-19-13-18(22)10-8-6-7-9-11-18/h19,22H,6-13H2,1-5H3. The molecule has 0 aliphatic heterocycles. The molecule has 4 heteroatoms. The summed E-state index contributed by atoms with van der Waals surface area (Å²) < 4.78 is 2.11. The minimum Gasteiger partial charge on any atom is -0.389 e. The first-order valence-electron chi connectivity index (χ1n) is 8.72. The van der Waals surface area contributed by atoms with Crippen LogP contribution >= 0.6 is 0 Å². The van der Waals surface area contributed by atoms with Crippen molar-refractivity contribution in [2.24, 2.45) is 0 Å². The third-order valence-electron chi connectivity index (χ3n) is 4.87. The summed E-state index contributed by atoms with van der Waals surface area (Å²) in [4.78, 5) is 0. The van der Waals surface area contributed by atoms with Crippen LogP contribution in [0.4, 0.5) is 0 Å². The van der Waals surface area contributed by atoms with E-state index in [1.165, 1.54) is 24.1 Å². The first-order chi connectivity index (χ1) is 10.2. The first-order valence-corrected chi connectivity index (χ1v) is 8.72. The van der Waals surface area contributed by atoms with Gasteiger partial charge in [-0.15, -0.1) is 0 Å². The molecule has 0 atom stereocenters. The highest BCUT2D eigenvalue weighted by Gasteiger charge is 2.28. The molecule has 0 bridgehead atoms. The monoisotopic (exact) mass is 307 g/mol. The van der Waals surface area contributed by atoms with Crippen molar-refractivity contribution in [3.63, 3.8) is 0 Å². The predicted molar refractivity (Wildman–Crippen MR) is 91.1 cm³/mol. The van der Waals surface area contributed by atoms with Gasteiger partial charge in [-0.05, 0) is 47.5 Å². The van der Waals surface area contributed by atoms with Gasteiger partial charge in [0.2, 0.25) is 0 Å². The van der Waals surface area contributed by atoms with Crippen molar-refractivity contribution in [2.75, 3.05) is 6.54 Å². The van der Waals surface area contributed by atoms with Gasteiger partial charge in [-0.3, -0.25) is 4.68 Å². The molecule has 1 aliphatic carbocycles. The summed E-state index contributed by atoms with van der Waals surface area (Å²) in [5.74, 6) is 0. The zero-order valence-electron chi connectivity index (χ0n) is 15.0. The molecule has 1 aromatic heterocycles. The average molecular weight is 307 g/mol. The van der Waals surface area contributed by atoms with Crippen LogP contribution in [-0.2, 0) is 12.1 Å². The maximum absolute atomic E-state index is 10.7. The summed E-state index contributed by atoms with van der Waals surface area (Å²) in [6, 6.07) is 0. The lowest BCUT2D eigenvalue weighted by Gasteiger charge is -2.27. The highest BCUT2D eigenvalue weighted by Crippen LogP contribution is 2.27. The Morgan fingerprint density at radius 1 is 1.14 bits per heavy atom. The van der Waals surface area contributed by atoms with E-state index < -0.39 is 5.60 Å². The highest BCUT2D eigenvalue weighted by molar-refractivity contribution is 5.25. The molecular weight excluding hydrogens is 274 g/mol. The molecule has 2 rings (SSSR count). The van der Waals surface area contributed by atoms with E-state index in [1.54, 1.807) is 0 Å². The second kappa shape index (κ2) is 6.71. The van der Waals surface area contributed by atoms with Crippen LogP contribution in [0.2, 0.25) is 0 Å². The van der Waals surface area contributed by atoms with Crippen LogP contribution in [0.5, 0.6) is 0 Å². The Hall–Kier alpha value is -0.870. The quantitative estimate of drug-likeness (QED) is 0.838. The van der Waals surface area contributed by atoms with Crippen molar-refractivity contribution < 1.29 is 5.11 Å². The lowest BCUT2D eigenvalue weighted by molar-refractivity contribution is 0.0250. The van der Waals surface area contributed by atoms with Crippen molar-refractivity contribution >= 4 is 0 Å². The molecule has 0 spiro atoms. The molecule has 2 N–H and O–H groups in total. The Kier molecular flexibility index (Phi) is 5.33. The largest absolute Gasteiger partial charge is 0.389 e. The maximum Gasteiger partial charge on any atom is 0.0771 e. The second-order valence-corrected chi connectivity index (χ2v) is 7.97. The number of aryl methyl sites for hydroxylation is 1. The molecule has 0 saturated heterocycles. The lowest BCUT2D eigenvalue weighted by atomic mass is 9.94. The minimum absolute atomic E-state index is 0.00653. The van der Waals surface area contributed by atoms with Gasteiger partial charge in [0, 0.05) is 24.3 Å². The van der Waals surface area contributed by atoms with E-state index in [0.29, 0.717) is 6.54 Å². The van der Waals surface area contributed by atoms with Crippen LogP contribution in [0.15, 0.2) is 0 Å². The summed E-state index contributed by atoms with van der Waals surface area (Å²) in [5.41, 5.74) is 3.08. The molecule has 1 fully saturated rings. The lowest BCUT2D eigenvalue weighted by Crippen LogP contribution is -2.40. The van der Waals surface area contributed by atoms with Crippen molar-refractivity contribution in [2.45, 2.75) is 90.8 Å². The molecule has 1 aliphatic rings. The molecule has 0 aromatic carbocycles. The SMILES string of the molecule is Cc1nn(C(C)(C)C)c(C)c1CNCC1(O)CCCCCC1. The van der Waals surface area contributed by atoms with Gasteiger partial charge in [0.25, 0.3) is 0 Å². The third-order valence-corrected chi connectivity index (χ3v) is 4.87. The zero-order chi connectivity index (χ0) is 16.4. The summed E-state index contributed by atoms with van der Waals surface area (Å²) in [6.07, 6.45) is 6.69. The van der Waals surface area contributed by atoms with E-state index in [9.17, 15) is 5.11 Å². The number of nitrogens with zero attached hydrogens (tertiary/aromatic N) is 2. The number of aliphatic hydroxyl groups is 1. The molecule has 0 radical (unpaired) electrons. The minimum atomic E-state index is -0.516. The van der Waals surface area contributed by atoms with Crippen molar-refractivity contribution in [1.82, 2.24) is 15.1 Å². The van der Waals surface area contributed by atoms with E-state index in [1.807, 2.05) is 0 Å². The van der Waals surface area contributed by atoms with Crippen molar-refractivity contribution in [3.05, 3.63) is 17.0 Å². The normalized spacial score (nSPS) is 19.2. The van der Waals surface area contributed by atoms with Crippen LogP contribution in [0.1, 0.15) is 76.2 Å². The number of hydrogen-bond acceptors (Lipinski definition) is 3. The summed E-state index contributed by atoms with van der Waals surface area (Å²) in [6.45, 7) is 12.2. The van der Waals surface area contributed by atoms with Gasteiger partial charge in [0.05, 0.1) is 16.8 Å². The highest BCUT2D eigenvalue weighted by atomic mass is 16.3. The Balaban J connectivity index is 1.98. The zero-order valence-corrected chi connectivity index (χ0v) is 15.0. The summed E-state index contributed by atoms with van der Waals surface area (Å²) in [7, 11) is 0. The van der Waals surface area contributed by atoms with Gasteiger partial charge in [0.15, 0.2) is 0 Å². The van der Waals surface area contributed by atoms with Crippen molar-refractivity contribution in [1.29, 1.82) is 0 Å². The molecule has 0 unspecified atom stereocenters. The van der Waals surface area contributed by atoms with Gasteiger partial charge in [-0.2, -0.15) is 5.10 Å². The molecule has 22 heavy (non-hydrogen) atoms. The molecule has 126 valence electrons. The maximum atomic E-state index is 10.7. The molecular formula is C18H33N3O. The van der Waals surface area contributed by atoms with Gasteiger partial charge in [0.1, 0.15) is 0 Å². The van der Waals surface area contributed by atoms with Crippen LogP contribution < -0.4 is 5.32 Å². The fourth-order valence-corrected chi connectivity index (χ4v) is 3.57. The van der Waals surface area contributed by atoms with Crippen LogP contribution in [0.25, 0.3) is 0 Å². The van der Waals surface area contributed by atoms with E-state index in [2.05, 4.69) is 44.6 Å². The number of rotatable bonds is 4. The van der Waals surface area contributed by atoms with Gasteiger partial charge >= 0.3 is 0 Å². The Morgan fingerprint density at radius 2 is 1.73 bits per heavy atom. The van der Waals surface area contributed by atoms with E-state index in [-0.39, 0.29) is 5.54 Å². The van der Waals surface area contributed by atoms with Crippen molar-refractivity contribution in [3.8, 4) is 0 Å². The van der Waals surface area contributed by atoms with Crippen LogP contribution in [0.3, 0.4) is 0 Å². The third kappa shape index (κ3) is 4.11. The van der Waals surface area contributed by atoms with Gasteiger partial charge in [-0.1, -0.05) is 25.7 Å². The summed E-state index contributed by atoms with van der Waals surface area (Å²) >= 11 is 0. The van der Waals surface area contributed by atoms with Crippen LogP contribution in [0, 0.1) is 13.8 Å². The number of aromatic nitrogens is 2. The Labute approximate surface area is 135 Å². The topological polar surface area (TPSA) is 50.1 Å². The van der Waals surface area contributed by atoms with E-state index in [4.69, 9.17) is 5.10 Å². The van der Waals surface area contributed by atoms with Gasteiger partial charge in [-0.25, -0.2) is 0 Å². The Bertz CT molecular complexity index is 491. The number of hydrogen-bond donors (Lipinski definition) is 2. The van der Waals surface area contributed by atoms with E-state index in [0.717, 1.165) is 37.9 Å². The molecule has 1 heterocycles. The second-order valence-electron chi connectivity index (χ2n) is 7.97. The first kappa shape index (κ1) is 17.5. The predicted octanol–water partition coefficient (Wildman–Crippen LogP) is 3.43. The molecule has 1 aromatic rings. The van der Waals surface area contributed by atoms with Gasteiger partial charge < -0.3 is 10.4 Å². The van der Waals surface area contributed by atoms with Crippen LogP contribution in [-0.4, -0.2) is 27.0 Å². The van der Waals surface area contributed by atoms with E-state index >= 15 is 0 Å². The average Bonchev–Trinajstić information content (AvgIpc) is 2.60. The smallest absolute Gasteiger partial charge is 0.0771 e. The Morgan fingerprint density at radius 3 is 2.23 bits per heavy atom. The summed E-state index contributed by atoms with van der Waals surface area (Å²) in [5, 5.41) is 18.9. The number of nitrogens with one attached hydrogen (secondary N) is 1. The fourth-order valence-electron chi connectivity index (χ4n) is 3.57. The molecule has 1 saturated carbocycles. The fraction of sp³-hybridized carbons (Fsp3) is 0.833. The molecule has 4 nitrogen and oxygen atoms in total. The molecule has 0 amide bonds.